The topological polar surface area (TPSA) is 76.2 Å². The van der Waals surface area contributed by atoms with Gasteiger partial charge in [-0.15, -0.1) is 0 Å². The van der Waals surface area contributed by atoms with Crippen molar-refractivity contribution in [3.05, 3.63) is 67.7 Å². The van der Waals surface area contributed by atoms with E-state index in [1.54, 1.807) is 12.1 Å². The lowest BCUT2D eigenvalue weighted by Crippen LogP contribution is -1.98. The summed E-state index contributed by atoms with van der Waals surface area (Å²) in [6, 6.07) is 10.8. The Morgan fingerprint density at radius 3 is 2.52 bits per heavy atom. The first-order valence-corrected chi connectivity index (χ1v) is 6.52. The molecule has 0 radical (unpaired) electrons. The van der Waals surface area contributed by atoms with Gasteiger partial charge >= 0.3 is 0 Å². The van der Waals surface area contributed by atoms with Crippen LogP contribution in [0.15, 0.2) is 36.4 Å². The van der Waals surface area contributed by atoms with Crippen molar-refractivity contribution in [2.24, 2.45) is 0 Å². The third kappa shape index (κ3) is 3.63. The van der Waals surface area contributed by atoms with Gasteiger partial charge in [0, 0.05) is 22.7 Å². The second kappa shape index (κ2) is 6.44. The second-order valence-electron chi connectivity index (χ2n) is 4.08. The molecule has 0 saturated carbocycles. The summed E-state index contributed by atoms with van der Waals surface area (Å²) >= 11 is 11.9. The van der Waals surface area contributed by atoms with Crippen LogP contribution in [0.3, 0.4) is 0 Å². The van der Waals surface area contributed by atoms with E-state index >= 15 is 0 Å². The molecule has 0 atom stereocenters. The average Bonchev–Trinajstić information content (AvgIpc) is 2.46. The van der Waals surface area contributed by atoms with Crippen molar-refractivity contribution in [2.45, 2.75) is 6.61 Å². The predicted molar refractivity (Wildman–Crippen MR) is 78.6 cm³/mol. The molecule has 7 heteroatoms. The maximum Gasteiger partial charge on any atom is 0.271 e. The van der Waals surface area contributed by atoms with Gasteiger partial charge in [-0.2, -0.15) is 5.26 Å². The molecule has 2 rings (SSSR count). The first-order valence-electron chi connectivity index (χ1n) is 5.76. The van der Waals surface area contributed by atoms with Gasteiger partial charge in [-0.1, -0.05) is 29.3 Å². The van der Waals surface area contributed by atoms with Crippen molar-refractivity contribution < 1.29 is 9.66 Å². The molecule has 0 aliphatic carbocycles. The highest BCUT2D eigenvalue weighted by atomic mass is 35.5. The normalized spacial score (nSPS) is 9.95. The molecule has 0 aliphatic heterocycles. The summed E-state index contributed by atoms with van der Waals surface area (Å²) in [6.45, 7) is 0.141. The van der Waals surface area contributed by atoms with Gasteiger partial charge in [0.1, 0.15) is 12.4 Å². The zero-order chi connectivity index (χ0) is 15.4. The van der Waals surface area contributed by atoms with Crippen LogP contribution in [0, 0.1) is 21.4 Å². The van der Waals surface area contributed by atoms with Crippen LogP contribution in [0.1, 0.15) is 11.1 Å². The van der Waals surface area contributed by atoms with Crippen LogP contribution in [-0.4, -0.2) is 4.92 Å². The summed E-state index contributed by atoms with van der Waals surface area (Å²) in [4.78, 5) is 10.1. The van der Waals surface area contributed by atoms with Gasteiger partial charge in [0.15, 0.2) is 0 Å². The second-order valence-corrected chi connectivity index (χ2v) is 4.89. The fourth-order valence-corrected chi connectivity index (χ4v) is 2.07. The van der Waals surface area contributed by atoms with Crippen molar-refractivity contribution >= 4 is 28.9 Å². The molecule has 106 valence electrons. The largest absolute Gasteiger partial charge is 0.487 e. The number of nitrogens with zero attached hydrogens (tertiary/aromatic N) is 2. The van der Waals surface area contributed by atoms with Crippen molar-refractivity contribution in [1.82, 2.24) is 0 Å². The number of hydrogen-bond donors (Lipinski definition) is 0. The Morgan fingerprint density at radius 1 is 1.19 bits per heavy atom. The van der Waals surface area contributed by atoms with Crippen LogP contribution in [0.5, 0.6) is 5.75 Å². The fourth-order valence-electron chi connectivity index (χ4n) is 1.61. The maximum absolute atomic E-state index is 10.6. The molecule has 0 N–H and O–H groups in total. The van der Waals surface area contributed by atoms with Crippen LogP contribution in [0.25, 0.3) is 0 Å². The molecule has 0 aliphatic rings. The number of nitro benzene ring substituents is 1. The van der Waals surface area contributed by atoms with Crippen molar-refractivity contribution in [2.75, 3.05) is 0 Å². The van der Waals surface area contributed by atoms with Crippen molar-refractivity contribution in [3.8, 4) is 11.8 Å². The van der Waals surface area contributed by atoms with Crippen LogP contribution >= 0.6 is 23.2 Å². The molecule has 0 spiro atoms. The van der Waals surface area contributed by atoms with Crippen LogP contribution in [0.4, 0.5) is 5.69 Å². The van der Waals surface area contributed by atoms with E-state index in [0.29, 0.717) is 21.9 Å². The number of benzene rings is 2. The van der Waals surface area contributed by atoms with E-state index < -0.39 is 4.92 Å². The number of nitriles is 1. The number of non-ortho nitro benzene ring substituents is 1. The van der Waals surface area contributed by atoms with Crippen molar-refractivity contribution in [1.29, 1.82) is 5.26 Å². The molecule has 0 amide bonds. The van der Waals surface area contributed by atoms with E-state index in [2.05, 4.69) is 0 Å². The van der Waals surface area contributed by atoms with Gasteiger partial charge < -0.3 is 4.74 Å². The Morgan fingerprint density at radius 2 is 1.95 bits per heavy atom. The van der Waals surface area contributed by atoms with E-state index in [1.165, 1.54) is 24.3 Å². The Balaban J connectivity index is 2.13. The van der Waals surface area contributed by atoms with Gasteiger partial charge in [-0.25, -0.2) is 0 Å². The Labute approximate surface area is 130 Å². The summed E-state index contributed by atoms with van der Waals surface area (Å²) in [5.74, 6) is 0.322. The first-order chi connectivity index (χ1) is 10.0. The summed E-state index contributed by atoms with van der Waals surface area (Å²) in [7, 11) is 0. The van der Waals surface area contributed by atoms with Crippen molar-refractivity contribution in [3.63, 3.8) is 0 Å². The first kappa shape index (κ1) is 15.1. The molecule has 2 aromatic carbocycles. The molecule has 0 fully saturated rings. The van der Waals surface area contributed by atoms with Gasteiger partial charge in [-0.3, -0.25) is 10.1 Å². The van der Waals surface area contributed by atoms with Gasteiger partial charge in [0.25, 0.3) is 5.69 Å². The van der Waals surface area contributed by atoms with Gasteiger partial charge in [0.05, 0.1) is 21.6 Å². The summed E-state index contributed by atoms with van der Waals surface area (Å²) in [5, 5.41) is 19.9. The lowest BCUT2D eigenvalue weighted by molar-refractivity contribution is -0.384. The third-order valence-corrected chi connectivity index (χ3v) is 3.34. The molecular formula is C14H8Cl2N2O3. The van der Waals surface area contributed by atoms with Crippen LogP contribution in [0.2, 0.25) is 10.0 Å². The standard InChI is InChI=1S/C14H8Cl2N2O3/c15-12-5-9(7-17)1-2-10(12)8-21-14-4-3-11(18(19)20)6-13(14)16/h1-6H,8H2. The zero-order valence-corrected chi connectivity index (χ0v) is 12.1. The summed E-state index contributed by atoms with van der Waals surface area (Å²) < 4.78 is 5.49. The zero-order valence-electron chi connectivity index (χ0n) is 10.5. The summed E-state index contributed by atoms with van der Waals surface area (Å²) in [6.07, 6.45) is 0. The van der Waals surface area contributed by atoms with E-state index in [4.69, 9.17) is 33.2 Å². The van der Waals surface area contributed by atoms with Gasteiger partial charge in [0.2, 0.25) is 0 Å². The number of hydrogen-bond acceptors (Lipinski definition) is 4. The molecular weight excluding hydrogens is 315 g/mol. The van der Waals surface area contributed by atoms with E-state index in [0.717, 1.165) is 0 Å². The number of ether oxygens (including phenoxy) is 1. The molecule has 2 aromatic rings. The smallest absolute Gasteiger partial charge is 0.271 e. The third-order valence-electron chi connectivity index (χ3n) is 2.69. The SMILES string of the molecule is N#Cc1ccc(COc2ccc([N+](=O)[O-])cc2Cl)c(Cl)c1. The molecule has 0 bridgehead atoms. The highest BCUT2D eigenvalue weighted by molar-refractivity contribution is 6.32. The van der Waals surface area contributed by atoms with Crippen LogP contribution in [-0.2, 0) is 6.61 Å². The fraction of sp³-hybridized carbons (Fsp3) is 0.0714. The lowest BCUT2D eigenvalue weighted by atomic mass is 10.1. The Hall–Kier alpha value is -2.29. The van der Waals surface area contributed by atoms with E-state index in [-0.39, 0.29) is 17.3 Å². The molecule has 0 unspecified atom stereocenters. The number of nitro groups is 1. The minimum atomic E-state index is -0.535. The molecule has 0 heterocycles. The quantitative estimate of drug-likeness (QED) is 0.619. The highest BCUT2D eigenvalue weighted by Gasteiger charge is 2.11. The average molecular weight is 323 g/mol. The molecule has 5 nitrogen and oxygen atoms in total. The van der Waals surface area contributed by atoms with Gasteiger partial charge in [-0.05, 0) is 18.2 Å². The van der Waals surface area contributed by atoms with E-state index in [1.807, 2.05) is 6.07 Å². The predicted octanol–water partition coefficient (Wildman–Crippen LogP) is 4.35. The Kier molecular flexibility index (Phi) is 4.63. The number of halogens is 2. The monoisotopic (exact) mass is 322 g/mol. The molecule has 0 saturated heterocycles. The molecule has 0 aromatic heterocycles. The number of rotatable bonds is 4. The maximum atomic E-state index is 10.6. The summed E-state index contributed by atoms with van der Waals surface area (Å²) in [5.41, 5.74) is 1.03. The minimum Gasteiger partial charge on any atom is -0.487 e. The van der Waals surface area contributed by atoms with Crippen LogP contribution < -0.4 is 4.74 Å². The lowest BCUT2D eigenvalue weighted by Gasteiger charge is -2.09. The highest BCUT2D eigenvalue weighted by Crippen LogP contribution is 2.30. The minimum absolute atomic E-state index is 0.108. The Bertz CT molecular complexity index is 741. The molecule has 21 heavy (non-hydrogen) atoms. The van der Waals surface area contributed by atoms with E-state index in [9.17, 15) is 10.1 Å².